The zero-order chi connectivity index (χ0) is 11.0. The van der Waals surface area contributed by atoms with Crippen molar-refractivity contribution in [1.82, 2.24) is 19.6 Å². The average molecular weight is 205 g/mol. The first-order valence-corrected chi connectivity index (χ1v) is 5.05. The fraction of sp³-hybridized carbons (Fsp3) is 0.500. The van der Waals surface area contributed by atoms with Crippen LogP contribution in [0.2, 0.25) is 0 Å². The van der Waals surface area contributed by atoms with Gasteiger partial charge in [-0.2, -0.15) is 0 Å². The topological polar surface area (TPSA) is 69.1 Å². The van der Waals surface area contributed by atoms with E-state index in [1.54, 1.807) is 6.33 Å². The second-order valence-electron chi connectivity index (χ2n) is 4.06. The SMILES string of the molecule is CC(C)c1cn2cnnc2c(C(C)N)n1. The van der Waals surface area contributed by atoms with Crippen LogP contribution in [0.1, 0.15) is 44.1 Å². The molecular weight excluding hydrogens is 190 g/mol. The maximum Gasteiger partial charge on any atom is 0.183 e. The Morgan fingerprint density at radius 2 is 2.07 bits per heavy atom. The van der Waals surface area contributed by atoms with E-state index in [1.165, 1.54) is 0 Å². The molecule has 0 aliphatic carbocycles. The van der Waals surface area contributed by atoms with E-state index in [0.717, 1.165) is 17.0 Å². The Bertz CT molecular complexity index is 472. The number of nitrogens with two attached hydrogens (primary N) is 1. The molecule has 0 amide bonds. The standard InChI is InChI=1S/C10H15N5/c1-6(2)8-4-15-5-12-14-10(15)9(13-8)7(3)11/h4-7H,11H2,1-3H3. The highest BCUT2D eigenvalue weighted by Crippen LogP contribution is 2.17. The van der Waals surface area contributed by atoms with Crippen LogP contribution in [-0.2, 0) is 0 Å². The minimum Gasteiger partial charge on any atom is -0.323 e. The average Bonchev–Trinajstić information content (AvgIpc) is 2.62. The molecule has 0 aromatic carbocycles. The van der Waals surface area contributed by atoms with Gasteiger partial charge in [-0.25, -0.2) is 0 Å². The maximum atomic E-state index is 5.86. The van der Waals surface area contributed by atoms with Crippen molar-refractivity contribution in [2.45, 2.75) is 32.7 Å². The molecule has 0 radical (unpaired) electrons. The summed E-state index contributed by atoms with van der Waals surface area (Å²) in [7, 11) is 0. The predicted molar refractivity (Wildman–Crippen MR) is 57.5 cm³/mol. The number of fused-ring (bicyclic) bond motifs is 1. The summed E-state index contributed by atoms with van der Waals surface area (Å²) in [4.78, 5) is 4.52. The molecule has 0 saturated heterocycles. The second kappa shape index (κ2) is 3.58. The lowest BCUT2D eigenvalue weighted by atomic mass is 10.1. The summed E-state index contributed by atoms with van der Waals surface area (Å²) in [5.41, 5.74) is 8.42. The largest absolute Gasteiger partial charge is 0.323 e. The summed E-state index contributed by atoms with van der Waals surface area (Å²) in [6, 6.07) is -0.129. The third kappa shape index (κ3) is 1.70. The van der Waals surface area contributed by atoms with Crippen LogP contribution < -0.4 is 5.73 Å². The molecule has 2 heterocycles. The van der Waals surface area contributed by atoms with Crippen LogP contribution >= 0.6 is 0 Å². The number of hydrogen-bond donors (Lipinski definition) is 1. The van der Waals surface area contributed by atoms with Crippen LogP contribution in [0.3, 0.4) is 0 Å². The lowest BCUT2D eigenvalue weighted by Gasteiger charge is -2.10. The normalized spacial score (nSPS) is 13.7. The van der Waals surface area contributed by atoms with Crippen molar-refractivity contribution in [3.8, 4) is 0 Å². The first kappa shape index (κ1) is 10.0. The van der Waals surface area contributed by atoms with Crippen LogP contribution in [-0.4, -0.2) is 19.6 Å². The molecule has 0 spiro atoms. The monoisotopic (exact) mass is 205 g/mol. The molecular formula is C10H15N5. The van der Waals surface area contributed by atoms with E-state index in [-0.39, 0.29) is 6.04 Å². The van der Waals surface area contributed by atoms with E-state index in [0.29, 0.717) is 5.92 Å². The molecule has 2 rings (SSSR count). The summed E-state index contributed by atoms with van der Waals surface area (Å²) in [6.45, 7) is 6.11. The zero-order valence-corrected chi connectivity index (χ0v) is 9.18. The molecule has 1 atom stereocenters. The highest BCUT2D eigenvalue weighted by molar-refractivity contribution is 5.44. The first-order chi connectivity index (χ1) is 7.09. The van der Waals surface area contributed by atoms with E-state index in [4.69, 9.17) is 5.73 Å². The predicted octanol–water partition coefficient (Wildman–Crippen LogP) is 1.27. The Balaban J connectivity index is 2.69. The van der Waals surface area contributed by atoms with Crippen molar-refractivity contribution in [1.29, 1.82) is 0 Å². The van der Waals surface area contributed by atoms with Gasteiger partial charge in [-0.3, -0.25) is 9.38 Å². The van der Waals surface area contributed by atoms with Crippen LogP contribution in [0.15, 0.2) is 12.5 Å². The molecule has 0 saturated carbocycles. The Labute approximate surface area is 88.3 Å². The van der Waals surface area contributed by atoms with E-state index >= 15 is 0 Å². The lowest BCUT2D eigenvalue weighted by Crippen LogP contribution is -2.12. The van der Waals surface area contributed by atoms with Gasteiger partial charge in [0.15, 0.2) is 5.65 Å². The van der Waals surface area contributed by atoms with Crippen LogP contribution in [0, 0.1) is 0 Å². The molecule has 15 heavy (non-hydrogen) atoms. The summed E-state index contributed by atoms with van der Waals surface area (Å²) in [5.74, 6) is 0.370. The van der Waals surface area contributed by atoms with Gasteiger partial charge in [0.2, 0.25) is 0 Å². The molecule has 2 aromatic rings. The fourth-order valence-electron chi connectivity index (χ4n) is 1.46. The van der Waals surface area contributed by atoms with Crippen LogP contribution in [0.4, 0.5) is 0 Å². The molecule has 80 valence electrons. The first-order valence-electron chi connectivity index (χ1n) is 5.05. The summed E-state index contributed by atoms with van der Waals surface area (Å²) < 4.78 is 1.88. The number of hydrogen-bond acceptors (Lipinski definition) is 4. The lowest BCUT2D eigenvalue weighted by molar-refractivity contribution is 0.734. The Morgan fingerprint density at radius 1 is 1.33 bits per heavy atom. The Hall–Kier alpha value is -1.49. The van der Waals surface area contributed by atoms with Crippen molar-refractivity contribution >= 4 is 5.65 Å². The molecule has 0 fully saturated rings. The van der Waals surface area contributed by atoms with Crippen molar-refractivity contribution < 1.29 is 0 Å². The Morgan fingerprint density at radius 3 is 2.67 bits per heavy atom. The van der Waals surface area contributed by atoms with Crippen molar-refractivity contribution in [2.24, 2.45) is 5.73 Å². The van der Waals surface area contributed by atoms with Crippen molar-refractivity contribution in [3.63, 3.8) is 0 Å². The maximum absolute atomic E-state index is 5.86. The third-order valence-corrected chi connectivity index (χ3v) is 2.35. The fourth-order valence-corrected chi connectivity index (χ4v) is 1.46. The molecule has 0 aliphatic heterocycles. The number of nitrogens with zero attached hydrogens (tertiary/aromatic N) is 4. The molecule has 0 bridgehead atoms. The molecule has 5 nitrogen and oxygen atoms in total. The van der Waals surface area contributed by atoms with Gasteiger partial charge in [0.1, 0.15) is 12.0 Å². The quantitative estimate of drug-likeness (QED) is 0.801. The van der Waals surface area contributed by atoms with Gasteiger partial charge >= 0.3 is 0 Å². The summed E-state index contributed by atoms with van der Waals surface area (Å²) >= 11 is 0. The van der Waals surface area contributed by atoms with Crippen molar-refractivity contribution in [3.05, 3.63) is 23.9 Å². The van der Waals surface area contributed by atoms with E-state index in [9.17, 15) is 0 Å². The molecule has 2 aromatic heterocycles. The zero-order valence-electron chi connectivity index (χ0n) is 9.18. The summed E-state index contributed by atoms with van der Waals surface area (Å²) in [5, 5.41) is 7.87. The van der Waals surface area contributed by atoms with Crippen LogP contribution in [0.25, 0.3) is 5.65 Å². The van der Waals surface area contributed by atoms with E-state index < -0.39 is 0 Å². The van der Waals surface area contributed by atoms with Gasteiger partial charge in [0.25, 0.3) is 0 Å². The molecule has 2 N–H and O–H groups in total. The van der Waals surface area contributed by atoms with Gasteiger partial charge in [0.05, 0.1) is 5.69 Å². The minimum atomic E-state index is -0.129. The second-order valence-corrected chi connectivity index (χ2v) is 4.06. The number of aromatic nitrogens is 4. The van der Waals surface area contributed by atoms with E-state index in [2.05, 4.69) is 29.0 Å². The smallest absolute Gasteiger partial charge is 0.183 e. The third-order valence-electron chi connectivity index (χ3n) is 2.35. The summed E-state index contributed by atoms with van der Waals surface area (Å²) in [6.07, 6.45) is 3.63. The van der Waals surface area contributed by atoms with Gasteiger partial charge in [0, 0.05) is 12.2 Å². The molecule has 1 unspecified atom stereocenters. The minimum absolute atomic E-state index is 0.129. The molecule has 5 heteroatoms. The van der Waals surface area contributed by atoms with Crippen molar-refractivity contribution in [2.75, 3.05) is 0 Å². The molecule has 0 aliphatic rings. The van der Waals surface area contributed by atoms with E-state index in [1.807, 2.05) is 17.5 Å². The van der Waals surface area contributed by atoms with Gasteiger partial charge in [-0.1, -0.05) is 13.8 Å². The van der Waals surface area contributed by atoms with Gasteiger partial charge in [-0.15, -0.1) is 10.2 Å². The highest BCUT2D eigenvalue weighted by atomic mass is 15.2. The van der Waals surface area contributed by atoms with Gasteiger partial charge in [-0.05, 0) is 12.8 Å². The van der Waals surface area contributed by atoms with Crippen LogP contribution in [0.5, 0.6) is 0 Å². The number of rotatable bonds is 2. The highest BCUT2D eigenvalue weighted by Gasteiger charge is 2.13. The van der Waals surface area contributed by atoms with Gasteiger partial charge < -0.3 is 5.73 Å². The Kier molecular flexibility index (Phi) is 2.40.